The summed E-state index contributed by atoms with van der Waals surface area (Å²) < 4.78 is 21.5. The number of rotatable bonds is 7. The molecule has 2 aromatic rings. The van der Waals surface area contributed by atoms with Gasteiger partial charge in [0.25, 0.3) is 5.88 Å². The van der Waals surface area contributed by atoms with Crippen molar-refractivity contribution in [1.82, 2.24) is 20.1 Å². The number of aromatic nitrogens is 3. The maximum atomic E-state index is 14.3. The lowest BCUT2D eigenvalue weighted by Gasteiger charge is -2.10. The molecule has 6 heteroatoms. The Kier molecular flexibility index (Phi) is 5.27. The molecule has 0 bridgehead atoms. The Hall–Kier alpha value is -1.95. The molecule has 0 atom stereocenters. The number of hydrogen-bond donors (Lipinski definition) is 1. The summed E-state index contributed by atoms with van der Waals surface area (Å²) in [6.45, 7) is 8.21. The number of pyridine rings is 1. The maximum absolute atomic E-state index is 14.3. The summed E-state index contributed by atoms with van der Waals surface area (Å²) in [5.74, 6) is 0.550. The van der Waals surface area contributed by atoms with Gasteiger partial charge in [0.05, 0.1) is 12.4 Å². The van der Waals surface area contributed by atoms with E-state index < -0.39 is 5.82 Å². The van der Waals surface area contributed by atoms with Gasteiger partial charge in [0.1, 0.15) is 0 Å². The quantitative estimate of drug-likeness (QED) is 0.852. The van der Waals surface area contributed by atoms with Crippen molar-refractivity contribution in [2.75, 3.05) is 6.54 Å². The smallest absolute Gasteiger partial charge is 0.256 e. The minimum Gasteiger partial charge on any atom is -0.433 e. The zero-order valence-corrected chi connectivity index (χ0v) is 12.6. The van der Waals surface area contributed by atoms with Crippen LogP contribution in [0.5, 0.6) is 11.6 Å². The molecule has 0 amide bonds. The van der Waals surface area contributed by atoms with E-state index in [1.54, 1.807) is 29.3 Å². The van der Waals surface area contributed by atoms with Gasteiger partial charge in [-0.05, 0) is 25.5 Å². The van der Waals surface area contributed by atoms with E-state index in [0.717, 1.165) is 13.1 Å². The molecule has 0 spiro atoms. The van der Waals surface area contributed by atoms with Gasteiger partial charge in [-0.3, -0.25) is 4.68 Å². The zero-order valence-electron chi connectivity index (χ0n) is 12.6. The largest absolute Gasteiger partial charge is 0.433 e. The Balaban J connectivity index is 2.06. The first kappa shape index (κ1) is 15.4. The number of aryl methyl sites for hydroxylation is 1. The molecule has 21 heavy (non-hydrogen) atoms. The summed E-state index contributed by atoms with van der Waals surface area (Å²) in [6, 6.07) is 1.66. The predicted molar refractivity (Wildman–Crippen MR) is 78.7 cm³/mol. The van der Waals surface area contributed by atoms with E-state index in [0.29, 0.717) is 23.8 Å². The third-order valence-corrected chi connectivity index (χ3v) is 2.95. The van der Waals surface area contributed by atoms with Gasteiger partial charge in [-0.15, -0.1) is 0 Å². The van der Waals surface area contributed by atoms with Crippen LogP contribution in [-0.2, 0) is 13.1 Å². The van der Waals surface area contributed by atoms with Gasteiger partial charge in [-0.1, -0.05) is 13.8 Å². The van der Waals surface area contributed by atoms with Crippen LogP contribution in [0.2, 0.25) is 0 Å². The highest BCUT2D eigenvalue weighted by Crippen LogP contribution is 2.23. The fraction of sp³-hybridized carbons (Fsp3) is 0.467. The van der Waals surface area contributed by atoms with Crippen molar-refractivity contribution in [1.29, 1.82) is 0 Å². The van der Waals surface area contributed by atoms with E-state index in [4.69, 9.17) is 4.74 Å². The maximum Gasteiger partial charge on any atom is 0.256 e. The summed E-state index contributed by atoms with van der Waals surface area (Å²) in [7, 11) is 0. The summed E-state index contributed by atoms with van der Waals surface area (Å²) >= 11 is 0. The van der Waals surface area contributed by atoms with Crippen LogP contribution in [0.25, 0.3) is 0 Å². The molecule has 0 saturated carbocycles. The molecule has 2 rings (SSSR count). The molecule has 114 valence electrons. The van der Waals surface area contributed by atoms with Crippen LogP contribution in [0.15, 0.2) is 24.7 Å². The molecular weight excluding hydrogens is 271 g/mol. The molecule has 0 aliphatic rings. The monoisotopic (exact) mass is 292 g/mol. The van der Waals surface area contributed by atoms with E-state index in [1.807, 2.05) is 6.92 Å². The Labute approximate surface area is 124 Å². The average Bonchev–Trinajstić information content (AvgIpc) is 2.90. The number of ether oxygens (including phenoxy) is 1. The Morgan fingerprint density at radius 1 is 1.43 bits per heavy atom. The molecule has 2 aromatic heterocycles. The molecule has 0 aromatic carbocycles. The number of halogens is 1. The lowest BCUT2D eigenvalue weighted by molar-refractivity contribution is 0.416. The zero-order chi connectivity index (χ0) is 15.2. The Bertz CT molecular complexity index is 583. The Morgan fingerprint density at radius 2 is 2.24 bits per heavy atom. The van der Waals surface area contributed by atoms with E-state index in [1.165, 1.54) is 0 Å². The summed E-state index contributed by atoms with van der Waals surface area (Å²) in [5, 5.41) is 7.29. The summed E-state index contributed by atoms with van der Waals surface area (Å²) in [6.07, 6.45) is 4.81. The Morgan fingerprint density at radius 3 is 2.90 bits per heavy atom. The van der Waals surface area contributed by atoms with Gasteiger partial charge in [-0.25, -0.2) is 9.37 Å². The van der Waals surface area contributed by atoms with Gasteiger partial charge >= 0.3 is 0 Å². The molecule has 1 N–H and O–H groups in total. The topological polar surface area (TPSA) is 52.0 Å². The number of hydrogen-bond acceptors (Lipinski definition) is 4. The van der Waals surface area contributed by atoms with Crippen molar-refractivity contribution in [3.05, 3.63) is 36.0 Å². The first-order chi connectivity index (χ1) is 10.1. The highest BCUT2D eigenvalue weighted by molar-refractivity contribution is 5.28. The highest BCUT2D eigenvalue weighted by atomic mass is 19.1. The van der Waals surface area contributed by atoms with Gasteiger partial charge in [-0.2, -0.15) is 5.10 Å². The molecule has 5 nitrogen and oxygen atoms in total. The van der Waals surface area contributed by atoms with Crippen LogP contribution in [0.1, 0.15) is 26.3 Å². The fourth-order valence-corrected chi connectivity index (χ4v) is 1.85. The second-order valence-corrected chi connectivity index (χ2v) is 5.25. The van der Waals surface area contributed by atoms with Crippen LogP contribution in [0.4, 0.5) is 4.39 Å². The first-order valence-corrected chi connectivity index (χ1v) is 7.14. The van der Waals surface area contributed by atoms with E-state index in [2.05, 4.69) is 29.2 Å². The van der Waals surface area contributed by atoms with Gasteiger partial charge in [0.15, 0.2) is 11.6 Å². The predicted octanol–water partition coefficient (Wildman–Crippen LogP) is 2.98. The van der Waals surface area contributed by atoms with Crippen molar-refractivity contribution >= 4 is 0 Å². The molecule has 0 fully saturated rings. The lowest BCUT2D eigenvalue weighted by atomic mass is 10.2. The van der Waals surface area contributed by atoms with Crippen molar-refractivity contribution in [3.8, 4) is 11.6 Å². The molecular formula is C15H21FN4O. The fourth-order valence-electron chi connectivity index (χ4n) is 1.85. The average molecular weight is 292 g/mol. The van der Waals surface area contributed by atoms with Crippen LogP contribution in [0.3, 0.4) is 0 Å². The first-order valence-electron chi connectivity index (χ1n) is 7.14. The molecule has 0 saturated heterocycles. The van der Waals surface area contributed by atoms with Crippen LogP contribution in [0, 0.1) is 11.7 Å². The summed E-state index contributed by atoms with van der Waals surface area (Å²) in [5.41, 5.74) is 0.545. The standard InChI is InChI=1S/C15H21FN4O/c1-4-20-10-13(9-19-20)21-15-14(16)12(5-6-18-15)8-17-7-11(2)3/h5-6,9-11,17H,4,7-8H2,1-3H3. The highest BCUT2D eigenvalue weighted by Gasteiger charge is 2.12. The lowest BCUT2D eigenvalue weighted by Crippen LogP contribution is -2.19. The van der Waals surface area contributed by atoms with Crippen molar-refractivity contribution < 1.29 is 9.13 Å². The van der Waals surface area contributed by atoms with Crippen LogP contribution >= 0.6 is 0 Å². The second kappa shape index (κ2) is 7.17. The molecule has 0 aliphatic heterocycles. The minimum atomic E-state index is -0.432. The third kappa shape index (κ3) is 4.26. The summed E-state index contributed by atoms with van der Waals surface area (Å²) in [4.78, 5) is 3.95. The molecule has 0 aliphatic carbocycles. The van der Waals surface area contributed by atoms with Gasteiger partial charge < -0.3 is 10.1 Å². The van der Waals surface area contributed by atoms with Crippen molar-refractivity contribution in [2.24, 2.45) is 5.92 Å². The van der Waals surface area contributed by atoms with Crippen LogP contribution in [-0.4, -0.2) is 21.3 Å². The second-order valence-electron chi connectivity index (χ2n) is 5.25. The van der Waals surface area contributed by atoms with E-state index in [-0.39, 0.29) is 5.88 Å². The minimum absolute atomic E-state index is 0.0190. The van der Waals surface area contributed by atoms with E-state index >= 15 is 0 Å². The normalized spacial score (nSPS) is 11.1. The molecule has 0 unspecified atom stereocenters. The molecule has 0 radical (unpaired) electrons. The van der Waals surface area contributed by atoms with E-state index in [9.17, 15) is 4.39 Å². The van der Waals surface area contributed by atoms with Crippen molar-refractivity contribution in [3.63, 3.8) is 0 Å². The van der Waals surface area contributed by atoms with Crippen LogP contribution < -0.4 is 10.1 Å². The van der Waals surface area contributed by atoms with Gasteiger partial charge in [0, 0.05) is 24.8 Å². The SMILES string of the molecule is CCn1cc(Oc2nccc(CNCC(C)C)c2F)cn1. The van der Waals surface area contributed by atoms with Crippen molar-refractivity contribution in [2.45, 2.75) is 33.9 Å². The number of nitrogens with one attached hydrogen (secondary N) is 1. The third-order valence-electron chi connectivity index (χ3n) is 2.95. The number of nitrogens with zero attached hydrogens (tertiary/aromatic N) is 3. The molecule has 2 heterocycles. The van der Waals surface area contributed by atoms with Gasteiger partial charge in [0.2, 0.25) is 0 Å².